The monoisotopic (exact) mass is 290 g/mol. The van der Waals surface area contributed by atoms with Crippen LogP contribution >= 0.6 is 0 Å². The van der Waals surface area contributed by atoms with Crippen LogP contribution in [0.2, 0.25) is 0 Å². The van der Waals surface area contributed by atoms with Crippen molar-refractivity contribution in [1.29, 1.82) is 0 Å². The summed E-state index contributed by atoms with van der Waals surface area (Å²) in [5.74, 6) is 0.593. The molecular formula is C13H14N4O4. The number of rotatable bonds is 3. The molecule has 1 aliphatic rings. The lowest BCUT2D eigenvalue weighted by atomic mass is 10.1. The zero-order chi connectivity index (χ0) is 15.0. The Kier molecular flexibility index (Phi) is 3.00. The second kappa shape index (κ2) is 4.72. The fourth-order valence-corrected chi connectivity index (χ4v) is 2.02. The molecule has 1 aliphatic heterocycles. The molecule has 21 heavy (non-hydrogen) atoms. The van der Waals surface area contributed by atoms with Crippen molar-refractivity contribution in [2.75, 3.05) is 13.2 Å². The van der Waals surface area contributed by atoms with Gasteiger partial charge in [-0.05, 0) is 42.5 Å². The minimum absolute atomic E-state index is 0.361. The third-order valence-electron chi connectivity index (χ3n) is 3.32. The van der Waals surface area contributed by atoms with E-state index in [1.807, 2.05) is 0 Å². The van der Waals surface area contributed by atoms with Gasteiger partial charge >= 0.3 is 5.97 Å². The van der Waals surface area contributed by atoms with E-state index in [1.165, 1.54) is 18.5 Å². The highest BCUT2D eigenvalue weighted by Gasteiger charge is 2.34. The molecular weight excluding hydrogens is 276 g/mol. The Hall–Kier alpha value is -2.64. The second-order valence-electron chi connectivity index (χ2n) is 5.14. The number of carboxylic acid groups (broad SMARTS) is 1. The molecule has 0 bridgehead atoms. The molecule has 2 aromatic rings. The van der Waals surface area contributed by atoms with Crippen molar-refractivity contribution in [3.63, 3.8) is 0 Å². The summed E-state index contributed by atoms with van der Waals surface area (Å²) in [7, 11) is 0. The predicted octanol–water partition coefficient (Wildman–Crippen LogP) is 0.931. The van der Waals surface area contributed by atoms with Gasteiger partial charge in [0.2, 0.25) is 0 Å². The number of carbonyl (C=O) groups is 1. The number of hydrogen-bond donors (Lipinski definition) is 1. The van der Waals surface area contributed by atoms with E-state index < -0.39 is 11.5 Å². The van der Waals surface area contributed by atoms with Crippen LogP contribution < -0.4 is 9.47 Å². The molecule has 0 aliphatic carbocycles. The molecule has 110 valence electrons. The Morgan fingerprint density at radius 2 is 2.00 bits per heavy atom. The molecule has 8 heteroatoms. The van der Waals surface area contributed by atoms with E-state index >= 15 is 0 Å². The number of fused-ring (bicyclic) bond motifs is 1. The first kappa shape index (κ1) is 13.3. The van der Waals surface area contributed by atoms with Gasteiger partial charge in [0.25, 0.3) is 0 Å². The minimum Gasteiger partial charge on any atom is -0.486 e. The molecule has 0 fully saturated rings. The minimum atomic E-state index is -1.26. The third-order valence-corrected chi connectivity index (χ3v) is 3.32. The van der Waals surface area contributed by atoms with Gasteiger partial charge in [-0.15, -0.1) is 5.10 Å². The van der Waals surface area contributed by atoms with Crippen molar-refractivity contribution in [2.45, 2.75) is 19.4 Å². The largest absolute Gasteiger partial charge is 0.486 e. The van der Waals surface area contributed by atoms with Crippen LogP contribution in [0.25, 0.3) is 11.4 Å². The van der Waals surface area contributed by atoms with Gasteiger partial charge in [-0.25, -0.2) is 9.48 Å². The number of tetrazole rings is 1. The van der Waals surface area contributed by atoms with Gasteiger partial charge < -0.3 is 14.6 Å². The summed E-state index contributed by atoms with van der Waals surface area (Å²) in [6.45, 7) is 4.05. The molecule has 3 rings (SSSR count). The third kappa shape index (κ3) is 2.18. The molecule has 0 spiro atoms. The molecule has 8 nitrogen and oxygen atoms in total. The lowest BCUT2D eigenvalue weighted by Gasteiger charge is -2.21. The first-order valence-electron chi connectivity index (χ1n) is 6.42. The van der Waals surface area contributed by atoms with Crippen LogP contribution in [0.5, 0.6) is 11.5 Å². The van der Waals surface area contributed by atoms with Crippen LogP contribution in [0.3, 0.4) is 0 Å². The summed E-state index contributed by atoms with van der Waals surface area (Å²) < 4.78 is 12.2. The molecule has 2 heterocycles. The number of nitrogens with zero attached hydrogens (tertiary/aromatic N) is 4. The average molecular weight is 290 g/mol. The lowest BCUT2D eigenvalue weighted by molar-refractivity contribution is -0.146. The lowest BCUT2D eigenvalue weighted by Crippen LogP contribution is -2.37. The molecule has 1 N–H and O–H groups in total. The first-order valence-corrected chi connectivity index (χ1v) is 6.42. The van der Waals surface area contributed by atoms with Gasteiger partial charge in [0.05, 0.1) is 0 Å². The molecule has 1 aromatic heterocycles. The van der Waals surface area contributed by atoms with E-state index in [1.54, 1.807) is 18.2 Å². The zero-order valence-electron chi connectivity index (χ0n) is 11.6. The predicted molar refractivity (Wildman–Crippen MR) is 71.2 cm³/mol. The maximum atomic E-state index is 11.4. The van der Waals surface area contributed by atoms with Crippen LogP contribution in [-0.4, -0.2) is 44.5 Å². The van der Waals surface area contributed by atoms with Gasteiger partial charge in [0, 0.05) is 5.56 Å². The Morgan fingerprint density at radius 3 is 2.71 bits per heavy atom. The Balaban J connectivity index is 2.06. The molecule has 0 unspecified atom stereocenters. The molecule has 0 saturated carbocycles. The SMILES string of the molecule is CC(C)(C(=O)O)n1nnnc1-c1ccc2c(c1)OCCO2. The van der Waals surface area contributed by atoms with Crippen molar-refractivity contribution < 1.29 is 19.4 Å². The number of carboxylic acids is 1. The van der Waals surface area contributed by atoms with Crippen molar-refractivity contribution in [2.24, 2.45) is 0 Å². The van der Waals surface area contributed by atoms with E-state index in [4.69, 9.17) is 9.47 Å². The van der Waals surface area contributed by atoms with Crippen molar-refractivity contribution in [3.05, 3.63) is 18.2 Å². The highest BCUT2D eigenvalue weighted by molar-refractivity contribution is 5.76. The average Bonchev–Trinajstić information content (AvgIpc) is 2.96. The Bertz CT molecular complexity index is 695. The fraction of sp³-hybridized carbons (Fsp3) is 0.385. The van der Waals surface area contributed by atoms with Gasteiger partial charge in [-0.2, -0.15) is 0 Å². The van der Waals surface area contributed by atoms with Gasteiger partial charge in [-0.3, -0.25) is 0 Å². The Morgan fingerprint density at radius 1 is 1.29 bits per heavy atom. The summed E-state index contributed by atoms with van der Waals surface area (Å²) in [5.41, 5.74) is -0.592. The highest BCUT2D eigenvalue weighted by Crippen LogP contribution is 2.34. The maximum Gasteiger partial charge on any atom is 0.331 e. The number of benzene rings is 1. The molecule has 0 saturated heterocycles. The van der Waals surface area contributed by atoms with Crippen LogP contribution in [0.4, 0.5) is 0 Å². The fourth-order valence-electron chi connectivity index (χ4n) is 2.02. The number of ether oxygens (including phenoxy) is 2. The van der Waals surface area contributed by atoms with Crippen molar-refractivity contribution >= 4 is 5.97 Å². The van der Waals surface area contributed by atoms with E-state index in [2.05, 4.69) is 15.5 Å². The second-order valence-corrected chi connectivity index (χ2v) is 5.14. The standard InChI is InChI=1S/C13H14N4O4/c1-13(2,12(18)19)17-11(14-15-16-17)8-3-4-9-10(7-8)21-6-5-20-9/h3-4,7H,5-6H2,1-2H3,(H,18,19). The van der Waals surface area contributed by atoms with Gasteiger partial charge in [0.1, 0.15) is 13.2 Å². The Labute approximate surface area is 120 Å². The van der Waals surface area contributed by atoms with Gasteiger partial charge in [-0.1, -0.05) is 0 Å². The number of hydrogen-bond acceptors (Lipinski definition) is 6. The smallest absolute Gasteiger partial charge is 0.331 e. The summed E-state index contributed by atoms with van der Waals surface area (Å²) in [5, 5.41) is 20.6. The molecule has 1 aromatic carbocycles. The van der Waals surface area contributed by atoms with Crippen LogP contribution in [-0.2, 0) is 10.3 Å². The van der Waals surface area contributed by atoms with E-state index in [9.17, 15) is 9.90 Å². The van der Waals surface area contributed by atoms with E-state index in [-0.39, 0.29) is 0 Å². The van der Waals surface area contributed by atoms with Crippen LogP contribution in [0.15, 0.2) is 18.2 Å². The number of aromatic nitrogens is 4. The highest BCUT2D eigenvalue weighted by atomic mass is 16.6. The van der Waals surface area contributed by atoms with Crippen LogP contribution in [0, 0.1) is 0 Å². The van der Waals surface area contributed by atoms with E-state index in [0.29, 0.717) is 36.1 Å². The molecule has 0 amide bonds. The first-order chi connectivity index (χ1) is 10.00. The number of aliphatic carboxylic acids is 1. The maximum absolute atomic E-state index is 11.4. The normalized spacial score (nSPS) is 14.0. The zero-order valence-corrected chi connectivity index (χ0v) is 11.6. The van der Waals surface area contributed by atoms with Crippen LogP contribution in [0.1, 0.15) is 13.8 Å². The van der Waals surface area contributed by atoms with Gasteiger partial charge in [0.15, 0.2) is 22.9 Å². The quantitative estimate of drug-likeness (QED) is 0.897. The van der Waals surface area contributed by atoms with Crippen molar-refractivity contribution in [3.8, 4) is 22.9 Å². The molecule has 0 atom stereocenters. The summed E-state index contributed by atoms with van der Waals surface area (Å²) in [6, 6.07) is 5.28. The summed E-state index contributed by atoms with van der Waals surface area (Å²) in [4.78, 5) is 11.4. The summed E-state index contributed by atoms with van der Waals surface area (Å²) >= 11 is 0. The topological polar surface area (TPSA) is 99.4 Å². The van der Waals surface area contributed by atoms with E-state index in [0.717, 1.165) is 0 Å². The summed E-state index contributed by atoms with van der Waals surface area (Å²) in [6.07, 6.45) is 0. The molecule has 0 radical (unpaired) electrons. The van der Waals surface area contributed by atoms with Crippen molar-refractivity contribution in [1.82, 2.24) is 20.2 Å².